The zero-order chi connectivity index (χ0) is 58.4. The summed E-state index contributed by atoms with van der Waals surface area (Å²) in [7, 11) is 4.46. The van der Waals surface area contributed by atoms with Crippen molar-refractivity contribution < 1.29 is 92.5 Å². The summed E-state index contributed by atoms with van der Waals surface area (Å²) in [6.45, 7) is 10.8. The Morgan fingerprint density at radius 3 is 2.23 bits per heavy atom. The van der Waals surface area contributed by atoms with Crippen molar-refractivity contribution in [3.05, 3.63) is 47.6 Å². The van der Waals surface area contributed by atoms with Crippen LogP contribution < -0.4 is 0 Å². The van der Waals surface area contributed by atoms with Crippen LogP contribution in [0.5, 0.6) is 0 Å². The molecule has 1 amide bonds. The number of methoxy groups -OCH3 is 3. The molecule has 19 atom stereocenters. The van der Waals surface area contributed by atoms with E-state index in [-0.39, 0.29) is 74.4 Å². The first-order valence-electron chi connectivity index (χ1n) is 28.5. The number of esters is 1. The van der Waals surface area contributed by atoms with E-state index in [4.69, 9.17) is 37.9 Å². The Hall–Kier alpha value is -3.61. The number of hydrogen-bond acceptors (Lipinski definition) is 19. The molecular weight excluding hydrogens is 1030 g/mol. The minimum absolute atomic E-state index is 0.0298. The predicted molar refractivity (Wildman–Crippen MR) is 289 cm³/mol. The summed E-state index contributed by atoms with van der Waals surface area (Å²) in [5, 5.41) is 64.7. The number of aliphatic hydroxyl groups is 6. The Morgan fingerprint density at radius 2 is 1.56 bits per heavy atom. The molecule has 79 heavy (non-hydrogen) atoms. The second-order valence-electron chi connectivity index (χ2n) is 23.0. The number of fused-ring (bicyclic) bond motifs is 3. The zero-order valence-corrected chi connectivity index (χ0v) is 48.2. The van der Waals surface area contributed by atoms with E-state index >= 15 is 0 Å². The number of cyclic esters (lactones) is 1. The summed E-state index contributed by atoms with van der Waals surface area (Å²) in [5.74, 6) is -11.6. The van der Waals surface area contributed by atoms with Crippen LogP contribution in [0.2, 0.25) is 0 Å². The number of aliphatic hydroxyl groups excluding tert-OH is 5. The number of rotatable bonds is 12. The second kappa shape index (κ2) is 30.6. The van der Waals surface area contributed by atoms with Crippen LogP contribution in [0.4, 0.5) is 0 Å². The monoisotopic (exact) mass is 1120 g/mol. The highest BCUT2D eigenvalue weighted by Gasteiger charge is 2.55. The average molecular weight is 1120 g/mol. The zero-order valence-electron chi connectivity index (χ0n) is 48.2. The molecule has 5 rings (SSSR count). The number of piperidine rings is 1. The number of amides is 1. The standard InChI is InChI=1S/C59H93NO19/c1-34-16-12-11-13-17-35(2)47(72-8)30-42-21-19-40(7)59(71,78-42)55(68)56(69)60-23-15-14-18-43(60)57(70)77-48(37(4)28-41-20-22-46(75-25-24-61)49(29-41)73-9)31-44(63)36(3)27-39(6)52(53(74-10)50(65)38(5)26-34)79-58(33-62)54(67)51(66)45(64)32-76-58/h11-13,16-17,27,34,36-38,40-43,45-49,51-54,61-62,64,66-67,71H,14-15,18-26,28-33H2,1-10H3/b13-11+,16-12+,35-17+,39-27+/t34-,36-,37-,38-,40-,41?,42+,43?,45-,46-,47+,48+,49-,51+,52-,53+,54-,58?,59-/m1/s1. The molecule has 3 saturated heterocycles. The smallest absolute Gasteiger partial charge is 0.329 e. The molecule has 0 aromatic rings. The molecular formula is C59H93NO19. The van der Waals surface area contributed by atoms with Gasteiger partial charge in [0, 0.05) is 58.5 Å². The van der Waals surface area contributed by atoms with Crippen molar-refractivity contribution in [2.45, 2.75) is 204 Å². The number of Topliss-reactive ketones (excluding diaryl/α,β-unsaturated/α-hetero) is 3. The third-order valence-corrected chi connectivity index (χ3v) is 17.1. The maximum atomic E-state index is 14.7. The van der Waals surface area contributed by atoms with Crippen LogP contribution in [0.3, 0.4) is 0 Å². The van der Waals surface area contributed by atoms with E-state index in [0.29, 0.717) is 51.4 Å². The van der Waals surface area contributed by atoms with Gasteiger partial charge in [-0.1, -0.05) is 71.1 Å². The van der Waals surface area contributed by atoms with E-state index in [1.54, 1.807) is 48.0 Å². The number of hydrogen-bond donors (Lipinski definition) is 6. The molecule has 20 nitrogen and oxygen atoms in total. The molecule has 0 aromatic carbocycles. The van der Waals surface area contributed by atoms with Crippen molar-refractivity contribution in [1.29, 1.82) is 0 Å². The van der Waals surface area contributed by atoms with Crippen LogP contribution in [-0.4, -0.2) is 198 Å². The first kappa shape index (κ1) is 66.2. The van der Waals surface area contributed by atoms with Gasteiger partial charge in [-0.2, -0.15) is 0 Å². The molecule has 20 heteroatoms. The fourth-order valence-electron chi connectivity index (χ4n) is 12.0. The number of ether oxygens (including phenoxy) is 8. The lowest BCUT2D eigenvalue weighted by molar-refractivity contribution is -0.361. The third-order valence-electron chi connectivity index (χ3n) is 17.1. The molecule has 4 fully saturated rings. The molecule has 2 bridgehead atoms. The highest BCUT2D eigenvalue weighted by Crippen LogP contribution is 2.39. The lowest BCUT2D eigenvalue weighted by Gasteiger charge is -2.46. The highest BCUT2D eigenvalue weighted by molar-refractivity contribution is 6.39. The highest BCUT2D eigenvalue weighted by atomic mass is 16.7. The van der Waals surface area contributed by atoms with Crippen molar-refractivity contribution >= 4 is 29.2 Å². The molecule has 4 heterocycles. The van der Waals surface area contributed by atoms with Gasteiger partial charge >= 0.3 is 5.97 Å². The molecule has 448 valence electrons. The van der Waals surface area contributed by atoms with Crippen molar-refractivity contribution in [2.75, 3.05) is 54.3 Å². The average Bonchev–Trinajstić information content (AvgIpc) is 3.44. The van der Waals surface area contributed by atoms with Crippen molar-refractivity contribution in [3.63, 3.8) is 0 Å². The van der Waals surface area contributed by atoms with E-state index in [1.165, 1.54) is 7.11 Å². The molecule has 1 saturated carbocycles. The quantitative estimate of drug-likeness (QED) is 0.0914. The SMILES string of the molecule is CO[C@H]1C[C@@H]2CC[C@@H](C)[C@@](O)(O2)C(=O)C(=O)N2CCCCC2C(=O)O[C@H]([C@H](C)CC2CC[C@@H](OCCO)[C@H](OC)C2)CC(=O)[C@H](C)/C=C(\C)[C@@H](OC2(CO)OC[C@@H](O)[C@H](O)[C@H]2O)[C@@H](OC)C(=O)[C@H](C)C[C@H](C)/C=C/C=C/C=C/1C. The number of carbonyl (C=O) groups excluding carboxylic acids is 5. The van der Waals surface area contributed by atoms with Crippen LogP contribution >= 0.6 is 0 Å². The number of carbonyl (C=O) groups is 5. The first-order valence-corrected chi connectivity index (χ1v) is 28.5. The summed E-state index contributed by atoms with van der Waals surface area (Å²) in [6.07, 6.45) is 4.87. The van der Waals surface area contributed by atoms with Crippen molar-refractivity contribution in [1.82, 2.24) is 4.90 Å². The van der Waals surface area contributed by atoms with E-state index in [2.05, 4.69) is 0 Å². The minimum atomic E-state index is -2.49. The fraction of sp³-hybridized carbons (Fsp3) is 0.780. The lowest BCUT2D eigenvalue weighted by atomic mass is 9.78. The number of nitrogens with zero attached hydrogens (tertiary/aromatic N) is 1. The molecule has 6 N–H and O–H groups in total. The third kappa shape index (κ3) is 16.8. The lowest BCUT2D eigenvalue weighted by Crippen LogP contribution is -2.65. The second-order valence-corrected chi connectivity index (χ2v) is 23.0. The van der Waals surface area contributed by atoms with Crippen LogP contribution in [-0.2, 0) is 61.9 Å². The van der Waals surface area contributed by atoms with Gasteiger partial charge in [-0.3, -0.25) is 19.2 Å². The van der Waals surface area contributed by atoms with E-state index in [9.17, 15) is 54.6 Å². The van der Waals surface area contributed by atoms with Gasteiger partial charge in [0.05, 0.1) is 44.2 Å². The number of ketones is 3. The largest absolute Gasteiger partial charge is 0.460 e. The Bertz CT molecular complexity index is 2150. The maximum absolute atomic E-state index is 14.7. The van der Waals surface area contributed by atoms with Gasteiger partial charge < -0.3 is 73.4 Å². The first-order chi connectivity index (χ1) is 37.5. The van der Waals surface area contributed by atoms with Gasteiger partial charge in [0.2, 0.25) is 11.6 Å². The minimum Gasteiger partial charge on any atom is -0.460 e. The Labute approximate surface area is 466 Å². The van der Waals surface area contributed by atoms with Gasteiger partial charge in [-0.25, -0.2) is 4.79 Å². The number of allylic oxidation sites excluding steroid dienone is 6. The van der Waals surface area contributed by atoms with Gasteiger partial charge in [-0.05, 0) is 107 Å². The van der Waals surface area contributed by atoms with E-state index in [0.717, 1.165) is 16.9 Å². The van der Waals surface area contributed by atoms with E-state index < -0.39 is 127 Å². The molecule has 1 aliphatic carbocycles. The molecule has 5 aliphatic rings. The van der Waals surface area contributed by atoms with Crippen LogP contribution in [0.25, 0.3) is 0 Å². The van der Waals surface area contributed by atoms with Crippen LogP contribution in [0.15, 0.2) is 47.6 Å². The summed E-state index contributed by atoms with van der Waals surface area (Å²) in [6, 6.07) is -1.22. The van der Waals surface area contributed by atoms with Crippen molar-refractivity contribution in [2.24, 2.45) is 35.5 Å². The van der Waals surface area contributed by atoms with Crippen molar-refractivity contribution in [3.8, 4) is 0 Å². The van der Waals surface area contributed by atoms with E-state index in [1.807, 2.05) is 51.2 Å². The normalized spacial score (nSPS) is 41.3. The molecule has 3 unspecified atom stereocenters. The predicted octanol–water partition coefficient (Wildman–Crippen LogP) is 4.02. The topological polar surface area (TPSA) is 284 Å². The van der Waals surface area contributed by atoms with Crippen LogP contribution in [0.1, 0.15) is 126 Å². The fourth-order valence-corrected chi connectivity index (χ4v) is 12.0. The summed E-state index contributed by atoms with van der Waals surface area (Å²) >= 11 is 0. The summed E-state index contributed by atoms with van der Waals surface area (Å²) in [5.41, 5.74) is 1.09. The molecule has 0 spiro atoms. The van der Waals surface area contributed by atoms with Crippen LogP contribution in [0, 0.1) is 35.5 Å². The Morgan fingerprint density at radius 1 is 0.823 bits per heavy atom. The Kier molecular flexibility index (Phi) is 25.7. The van der Waals surface area contributed by atoms with Gasteiger partial charge in [-0.15, -0.1) is 0 Å². The maximum Gasteiger partial charge on any atom is 0.329 e. The van der Waals surface area contributed by atoms with Gasteiger partial charge in [0.25, 0.3) is 11.7 Å². The molecule has 4 aliphatic heterocycles. The van der Waals surface area contributed by atoms with Gasteiger partial charge in [0.1, 0.15) is 55.1 Å². The molecule has 0 radical (unpaired) electrons. The molecule has 0 aromatic heterocycles. The summed E-state index contributed by atoms with van der Waals surface area (Å²) in [4.78, 5) is 74.0. The summed E-state index contributed by atoms with van der Waals surface area (Å²) < 4.78 is 48.2. The van der Waals surface area contributed by atoms with Gasteiger partial charge in [0.15, 0.2) is 5.78 Å². The Balaban J connectivity index is 1.56.